The van der Waals surface area contributed by atoms with E-state index in [0.717, 1.165) is 20.4 Å². The zero-order valence-corrected chi connectivity index (χ0v) is 19.9. The van der Waals surface area contributed by atoms with E-state index >= 15 is 0 Å². The van der Waals surface area contributed by atoms with Crippen LogP contribution < -0.4 is 4.90 Å². The number of benzene rings is 2. The Morgan fingerprint density at radius 3 is 2.09 bits per heavy atom. The number of carbonyl (C=O) groups excluding carboxylic acids is 2. The summed E-state index contributed by atoms with van der Waals surface area (Å²) in [5.41, 5.74) is 2.62. The Labute approximate surface area is 197 Å². The molecule has 8 heteroatoms. The van der Waals surface area contributed by atoms with Crippen LogP contribution in [0, 0.1) is 6.57 Å². The number of carbonyl (C=O) groups is 2. The monoisotopic (exact) mass is 506 g/mol. The van der Waals surface area contributed by atoms with Crippen molar-refractivity contribution >= 4 is 71.3 Å². The second-order valence-electron chi connectivity index (χ2n) is 7.04. The number of para-hydroxylation sites is 1. The Morgan fingerprint density at radius 1 is 0.906 bits per heavy atom. The van der Waals surface area contributed by atoms with E-state index in [0.29, 0.717) is 5.69 Å². The number of likely N-dealkylation sites (N-methyl/N-ethyl adjacent to an activating group) is 2. The van der Waals surface area contributed by atoms with Crippen molar-refractivity contribution in [3.05, 3.63) is 88.2 Å². The molecule has 1 aliphatic heterocycles. The Bertz CT molecular complexity index is 1250. The topological polar surface area (TPSA) is 48.2 Å². The number of rotatable bonds is 4. The van der Waals surface area contributed by atoms with Crippen molar-refractivity contribution in [3.63, 3.8) is 0 Å². The van der Waals surface area contributed by atoms with Crippen LogP contribution >= 0.6 is 12.2 Å². The fourth-order valence-electron chi connectivity index (χ4n) is 3.31. The summed E-state index contributed by atoms with van der Waals surface area (Å²) in [6.07, 6.45) is 1.67. The summed E-state index contributed by atoms with van der Waals surface area (Å²) in [5, 5.41) is 0.194. The van der Waals surface area contributed by atoms with E-state index in [2.05, 4.69) is 9.74 Å². The van der Waals surface area contributed by atoms with Crippen LogP contribution in [-0.2, 0) is 9.59 Å². The van der Waals surface area contributed by atoms with Gasteiger partial charge in [-0.25, -0.2) is 0 Å². The zero-order chi connectivity index (χ0) is 22.8. The maximum atomic E-state index is 12.6. The van der Waals surface area contributed by atoms with Crippen LogP contribution in [0.5, 0.6) is 0 Å². The Hall–Kier alpha value is -3.50. The molecule has 6 nitrogen and oxygen atoms in total. The van der Waals surface area contributed by atoms with Gasteiger partial charge in [-0.05, 0) is 0 Å². The van der Waals surface area contributed by atoms with Gasteiger partial charge >= 0.3 is 198 Å². The molecule has 32 heavy (non-hydrogen) atoms. The Balaban J connectivity index is 1.74. The van der Waals surface area contributed by atoms with Gasteiger partial charge < -0.3 is 0 Å². The molecule has 0 aliphatic carbocycles. The number of thiocarbonyl (C=S) groups is 1. The van der Waals surface area contributed by atoms with Gasteiger partial charge in [0.05, 0.1) is 0 Å². The molecule has 2 aromatic carbocycles. The number of nitrogens with zero attached hydrogens (tertiary/aromatic N) is 4. The third-order valence-corrected chi connectivity index (χ3v) is 7.70. The molecule has 3 aromatic rings. The zero-order valence-electron chi connectivity index (χ0n) is 17.4. The second-order valence-corrected chi connectivity index (χ2v) is 9.70. The standard InChI is InChI=1S/C24H18N4O2SSe/c1-25-16-9-11-18(12-10-16)28(17-7-5-4-6-8-17)21-14-13-19(32-21)15-20-22(29)26(2)24(31)27(3)23(20)30/h4-15H,2-3H3. The molecule has 0 N–H and O–H groups in total. The molecule has 1 aromatic heterocycles. The Kier molecular flexibility index (Phi) is 6.06. The van der Waals surface area contributed by atoms with Gasteiger partial charge in [0.15, 0.2) is 0 Å². The SMILES string of the molecule is [C-]#[N+]c1ccc(N(c2ccccc2)c2ccc(C=C3C(=O)N(C)C(=S)N(C)C3=O)[se]2)cc1. The van der Waals surface area contributed by atoms with Crippen molar-refractivity contribution in [2.24, 2.45) is 0 Å². The molecule has 0 saturated carbocycles. The molecule has 0 spiro atoms. The molecular formula is C24H18N4O2SSe. The second kappa shape index (κ2) is 8.93. The van der Waals surface area contributed by atoms with Gasteiger partial charge in [-0.3, -0.25) is 0 Å². The quantitative estimate of drug-likeness (QED) is 0.174. The first-order valence-corrected chi connectivity index (χ1v) is 11.8. The summed E-state index contributed by atoms with van der Waals surface area (Å²) < 4.78 is 1.97. The summed E-state index contributed by atoms with van der Waals surface area (Å²) >= 11 is 5.01. The first kappa shape index (κ1) is 21.7. The third kappa shape index (κ3) is 4.02. The maximum absolute atomic E-state index is 12.6. The molecule has 2 amide bonds. The van der Waals surface area contributed by atoms with Gasteiger partial charge in [-0.1, -0.05) is 0 Å². The number of anilines is 3. The molecule has 4 rings (SSSR count). The molecule has 1 aliphatic rings. The molecule has 158 valence electrons. The first-order chi connectivity index (χ1) is 15.4. The van der Waals surface area contributed by atoms with E-state index in [1.54, 1.807) is 32.3 Å². The molecule has 1 saturated heterocycles. The van der Waals surface area contributed by atoms with Gasteiger partial charge in [0, 0.05) is 0 Å². The summed E-state index contributed by atoms with van der Waals surface area (Å²) in [5.74, 6) is -0.782. The predicted octanol–water partition coefficient (Wildman–Crippen LogP) is 4.36. The van der Waals surface area contributed by atoms with Crippen LogP contribution in [-0.4, -0.2) is 55.3 Å². The number of hydrogen-bond donors (Lipinski definition) is 0. The number of hydrogen-bond acceptors (Lipinski definition) is 4. The fraction of sp³-hybridized carbons (Fsp3) is 0.0833. The summed E-state index contributed by atoms with van der Waals surface area (Å²) in [7, 11) is 3.15. The van der Waals surface area contributed by atoms with E-state index in [-0.39, 0.29) is 25.2 Å². The van der Waals surface area contributed by atoms with E-state index in [1.807, 2.05) is 54.6 Å². The van der Waals surface area contributed by atoms with Crippen LogP contribution in [0.1, 0.15) is 4.44 Å². The summed E-state index contributed by atoms with van der Waals surface area (Å²) in [4.78, 5) is 33.5. The van der Waals surface area contributed by atoms with Gasteiger partial charge in [0.1, 0.15) is 0 Å². The van der Waals surface area contributed by atoms with E-state index in [1.165, 1.54) is 9.80 Å². The van der Waals surface area contributed by atoms with Crippen LogP contribution in [0.25, 0.3) is 10.9 Å². The van der Waals surface area contributed by atoms with Crippen LogP contribution in [0.3, 0.4) is 0 Å². The summed E-state index contributed by atoms with van der Waals surface area (Å²) in [6, 6.07) is 21.4. The van der Waals surface area contributed by atoms with Crippen molar-refractivity contribution in [3.8, 4) is 0 Å². The van der Waals surface area contributed by atoms with Gasteiger partial charge in [-0.15, -0.1) is 0 Å². The average Bonchev–Trinajstić information content (AvgIpc) is 3.28. The fourth-order valence-corrected chi connectivity index (χ4v) is 5.56. The van der Waals surface area contributed by atoms with Gasteiger partial charge in [0.25, 0.3) is 0 Å². The molecular weight excluding hydrogens is 487 g/mol. The van der Waals surface area contributed by atoms with Gasteiger partial charge in [0.2, 0.25) is 0 Å². The van der Waals surface area contributed by atoms with E-state index in [4.69, 9.17) is 18.8 Å². The molecule has 0 unspecified atom stereocenters. The normalized spacial score (nSPS) is 13.9. The minimum atomic E-state index is -0.391. The predicted molar refractivity (Wildman–Crippen MR) is 130 cm³/mol. The summed E-state index contributed by atoms with van der Waals surface area (Å²) in [6.45, 7) is 7.19. The molecule has 0 atom stereocenters. The minimum absolute atomic E-state index is 0.110. The van der Waals surface area contributed by atoms with Crippen molar-refractivity contribution in [2.75, 3.05) is 19.0 Å². The molecule has 1 fully saturated rings. The van der Waals surface area contributed by atoms with Crippen LogP contribution in [0.15, 0.2) is 72.3 Å². The van der Waals surface area contributed by atoms with E-state index in [9.17, 15) is 9.59 Å². The average molecular weight is 505 g/mol. The Morgan fingerprint density at radius 2 is 1.50 bits per heavy atom. The van der Waals surface area contributed by atoms with Crippen molar-refractivity contribution < 1.29 is 9.59 Å². The van der Waals surface area contributed by atoms with Gasteiger partial charge in [-0.2, -0.15) is 0 Å². The molecule has 0 radical (unpaired) electrons. The van der Waals surface area contributed by atoms with E-state index < -0.39 is 11.8 Å². The molecule has 2 heterocycles. The van der Waals surface area contributed by atoms with Crippen molar-refractivity contribution in [2.45, 2.75) is 0 Å². The van der Waals surface area contributed by atoms with Crippen molar-refractivity contribution in [1.29, 1.82) is 0 Å². The van der Waals surface area contributed by atoms with Crippen molar-refractivity contribution in [1.82, 2.24) is 9.80 Å². The first-order valence-electron chi connectivity index (χ1n) is 9.65. The number of amides is 2. The molecule has 0 bridgehead atoms. The van der Waals surface area contributed by atoms with Crippen LogP contribution in [0.2, 0.25) is 0 Å². The third-order valence-electron chi connectivity index (χ3n) is 5.01. The van der Waals surface area contributed by atoms with Crippen LogP contribution in [0.4, 0.5) is 21.6 Å².